The van der Waals surface area contributed by atoms with E-state index < -0.39 is 0 Å². The molecule has 0 bridgehead atoms. The average Bonchev–Trinajstić information content (AvgIpc) is 2.75. The number of aromatic nitrogens is 2. The molecule has 0 spiro atoms. The molecular formula is C15H21N3O. The maximum atomic E-state index is 5.20. The van der Waals surface area contributed by atoms with Gasteiger partial charge in [0.2, 0.25) is 0 Å². The van der Waals surface area contributed by atoms with Gasteiger partial charge in [-0.2, -0.15) is 5.10 Å². The quantitative estimate of drug-likeness (QED) is 0.896. The van der Waals surface area contributed by atoms with Crippen LogP contribution in [-0.2, 0) is 7.05 Å². The minimum atomic E-state index is 0.155. The van der Waals surface area contributed by atoms with Crippen LogP contribution in [0.25, 0.3) is 0 Å². The fourth-order valence-electron chi connectivity index (χ4n) is 2.29. The summed E-state index contributed by atoms with van der Waals surface area (Å²) in [6, 6.07) is 10.4. The minimum Gasteiger partial charge on any atom is -0.497 e. The lowest BCUT2D eigenvalue weighted by atomic mass is 10.0. The van der Waals surface area contributed by atoms with Crippen LogP contribution in [0.3, 0.4) is 0 Å². The molecule has 2 aromatic rings. The largest absolute Gasteiger partial charge is 0.497 e. The van der Waals surface area contributed by atoms with Gasteiger partial charge in [0.25, 0.3) is 0 Å². The Balaban J connectivity index is 2.36. The minimum absolute atomic E-state index is 0.155. The highest BCUT2D eigenvalue weighted by Gasteiger charge is 2.17. The molecule has 0 aliphatic rings. The van der Waals surface area contributed by atoms with Crippen LogP contribution in [0.1, 0.15) is 29.9 Å². The van der Waals surface area contributed by atoms with Gasteiger partial charge >= 0.3 is 0 Å². The van der Waals surface area contributed by atoms with Gasteiger partial charge in [-0.25, -0.2) is 0 Å². The van der Waals surface area contributed by atoms with Crippen LogP contribution in [0.5, 0.6) is 5.75 Å². The average molecular weight is 259 g/mol. The lowest BCUT2D eigenvalue weighted by Crippen LogP contribution is -2.24. The molecule has 0 radical (unpaired) electrons. The van der Waals surface area contributed by atoms with E-state index in [0.29, 0.717) is 0 Å². The van der Waals surface area contributed by atoms with Crippen molar-refractivity contribution in [1.82, 2.24) is 15.1 Å². The van der Waals surface area contributed by atoms with Crippen LogP contribution in [-0.4, -0.2) is 23.4 Å². The third-order valence-electron chi connectivity index (χ3n) is 3.19. The van der Waals surface area contributed by atoms with Gasteiger partial charge in [-0.1, -0.05) is 19.1 Å². The molecule has 1 aromatic heterocycles. The van der Waals surface area contributed by atoms with Gasteiger partial charge in [0.05, 0.1) is 24.5 Å². The lowest BCUT2D eigenvalue weighted by molar-refractivity contribution is 0.414. The Hall–Kier alpha value is -1.81. The Morgan fingerprint density at radius 1 is 1.32 bits per heavy atom. The van der Waals surface area contributed by atoms with Gasteiger partial charge in [0, 0.05) is 7.05 Å². The summed E-state index contributed by atoms with van der Waals surface area (Å²) < 4.78 is 7.14. The van der Waals surface area contributed by atoms with E-state index in [0.717, 1.165) is 18.0 Å². The zero-order chi connectivity index (χ0) is 13.8. The Morgan fingerprint density at radius 3 is 2.47 bits per heavy atom. The molecule has 0 aliphatic carbocycles. The highest BCUT2D eigenvalue weighted by Crippen LogP contribution is 2.24. The molecule has 4 heteroatoms. The molecular weight excluding hydrogens is 238 g/mol. The standard InChI is InChI=1S/C15H21N3O/c1-5-16-15(14-10-11(2)17-18(14)3)12-6-8-13(19-4)9-7-12/h6-10,15-16H,5H2,1-4H3. The molecule has 1 heterocycles. The van der Waals surface area contributed by atoms with Gasteiger partial charge in [0.15, 0.2) is 0 Å². The summed E-state index contributed by atoms with van der Waals surface area (Å²) in [6.07, 6.45) is 0. The smallest absolute Gasteiger partial charge is 0.118 e. The van der Waals surface area contributed by atoms with E-state index in [2.05, 4.69) is 35.5 Å². The molecule has 19 heavy (non-hydrogen) atoms. The molecule has 0 saturated carbocycles. The predicted molar refractivity (Wildman–Crippen MR) is 76.5 cm³/mol. The molecule has 102 valence electrons. The lowest BCUT2D eigenvalue weighted by Gasteiger charge is -2.19. The van der Waals surface area contributed by atoms with Gasteiger partial charge in [-0.3, -0.25) is 4.68 Å². The summed E-state index contributed by atoms with van der Waals surface area (Å²) in [7, 11) is 3.66. The highest BCUT2D eigenvalue weighted by molar-refractivity contribution is 5.33. The van der Waals surface area contributed by atoms with Gasteiger partial charge in [-0.15, -0.1) is 0 Å². The number of hydrogen-bond acceptors (Lipinski definition) is 3. The number of rotatable bonds is 5. The van der Waals surface area contributed by atoms with Gasteiger partial charge in [0.1, 0.15) is 5.75 Å². The van der Waals surface area contributed by atoms with E-state index >= 15 is 0 Å². The first-order chi connectivity index (χ1) is 9.15. The van der Waals surface area contributed by atoms with E-state index in [-0.39, 0.29) is 6.04 Å². The van der Waals surface area contributed by atoms with Crippen LogP contribution >= 0.6 is 0 Å². The maximum Gasteiger partial charge on any atom is 0.118 e. The molecule has 1 unspecified atom stereocenters. The van der Waals surface area contributed by atoms with Crippen LogP contribution in [0, 0.1) is 6.92 Å². The molecule has 4 nitrogen and oxygen atoms in total. The van der Waals surface area contributed by atoms with Crippen LogP contribution < -0.4 is 10.1 Å². The number of aryl methyl sites for hydroxylation is 2. The second-order valence-corrected chi connectivity index (χ2v) is 4.60. The molecule has 1 N–H and O–H groups in total. The first-order valence-electron chi connectivity index (χ1n) is 6.53. The first kappa shape index (κ1) is 13.6. The van der Waals surface area contributed by atoms with Crippen LogP contribution in [0.4, 0.5) is 0 Å². The summed E-state index contributed by atoms with van der Waals surface area (Å²) in [6.45, 7) is 5.03. The van der Waals surface area contributed by atoms with Crippen molar-refractivity contribution < 1.29 is 4.74 Å². The topological polar surface area (TPSA) is 39.1 Å². The molecule has 1 aromatic carbocycles. The van der Waals surface area contributed by atoms with Crippen molar-refractivity contribution in [3.63, 3.8) is 0 Å². The van der Waals surface area contributed by atoms with E-state index in [1.54, 1.807) is 7.11 Å². The molecule has 0 amide bonds. The van der Waals surface area contributed by atoms with Crippen molar-refractivity contribution in [3.8, 4) is 5.75 Å². The normalized spacial score (nSPS) is 12.4. The Morgan fingerprint density at radius 2 is 2.00 bits per heavy atom. The SMILES string of the molecule is CCNC(c1ccc(OC)cc1)c1cc(C)nn1C. The van der Waals surface area contributed by atoms with E-state index in [1.165, 1.54) is 11.3 Å². The number of hydrogen-bond donors (Lipinski definition) is 1. The van der Waals surface area contributed by atoms with Crippen LogP contribution in [0.15, 0.2) is 30.3 Å². The Kier molecular flexibility index (Phi) is 4.22. The number of nitrogens with one attached hydrogen (secondary N) is 1. The second kappa shape index (κ2) is 5.89. The summed E-state index contributed by atoms with van der Waals surface area (Å²) in [4.78, 5) is 0. The molecule has 1 atom stereocenters. The number of methoxy groups -OCH3 is 1. The van der Waals surface area contributed by atoms with Crippen molar-refractivity contribution in [2.45, 2.75) is 19.9 Å². The first-order valence-corrected chi connectivity index (χ1v) is 6.53. The molecule has 0 fully saturated rings. The monoisotopic (exact) mass is 259 g/mol. The van der Waals surface area contributed by atoms with Crippen molar-refractivity contribution >= 4 is 0 Å². The van der Waals surface area contributed by atoms with Crippen LogP contribution in [0.2, 0.25) is 0 Å². The summed E-state index contributed by atoms with van der Waals surface area (Å²) in [5.41, 5.74) is 3.42. The van der Waals surface area contributed by atoms with Crippen molar-refractivity contribution in [1.29, 1.82) is 0 Å². The van der Waals surface area contributed by atoms with E-state index in [4.69, 9.17) is 4.74 Å². The fourth-order valence-corrected chi connectivity index (χ4v) is 2.29. The number of ether oxygens (including phenoxy) is 1. The van der Waals surface area contributed by atoms with E-state index in [9.17, 15) is 0 Å². The Labute approximate surface area is 114 Å². The predicted octanol–water partition coefficient (Wildman–Crippen LogP) is 2.44. The number of nitrogens with zero attached hydrogens (tertiary/aromatic N) is 2. The zero-order valence-corrected chi connectivity index (χ0v) is 12.0. The summed E-state index contributed by atoms with van der Waals surface area (Å²) >= 11 is 0. The third-order valence-corrected chi connectivity index (χ3v) is 3.19. The Bertz CT molecular complexity index is 531. The van der Waals surface area contributed by atoms with Crippen molar-refractivity contribution in [2.75, 3.05) is 13.7 Å². The van der Waals surface area contributed by atoms with Crippen molar-refractivity contribution in [2.24, 2.45) is 7.05 Å². The van der Waals surface area contributed by atoms with E-state index in [1.807, 2.05) is 30.8 Å². The molecule has 0 aliphatic heterocycles. The molecule has 2 rings (SSSR count). The van der Waals surface area contributed by atoms with Gasteiger partial charge < -0.3 is 10.1 Å². The zero-order valence-electron chi connectivity index (χ0n) is 12.0. The summed E-state index contributed by atoms with van der Waals surface area (Å²) in [5.74, 6) is 0.875. The highest BCUT2D eigenvalue weighted by atomic mass is 16.5. The number of benzene rings is 1. The molecule has 0 saturated heterocycles. The third kappa shape index (κ3) is 2.96. The second-order valence-electron chi connectivity index (χ2n) is 4.60. The summed E-state index contributed by atoms with van der Waals surface area (Å²) in [5, 5.41) is 7.93. The fraction of sp³-hybridized carbons (Fsp3) is 0.400. The maximum absolute atomic E-state index is 5.20. The van der Waals surface area contributed by atoms with Gasteiger partial charge in [-0.05, 0) is 37.2 Å². The van der Waals surface area contributed by atoms with Crippen molar-refractivity contribution in [3.05, 3.63) is 47.3 Å².